The second-order valence-corrected chi connectivity index (χ2v) is 3.83. The number of amides is 3. The first-order valence-electron chi connectivity index (χ1n) is 5.06. The van der Waals surface area contributed by atoms with Crippen molar-refractivity contribution in [2.24, 2.45) is 0 Å². The number of hydrogen-bond acceptors (Lipinski definition) is 3. The van der Waals surface area contributed by atoms with E-state index in [0.717, 1.165) is 0 Å². The van der Waals surface area contributed by atoms with Crippen LogP contribution in [0.15, 0.2) is 0 Å². The van der Waals surface area contributed by atoms with E-state index in [1.807, 2.05) is 13.0 Å². The van der Waals surface area contributed by atoms with Gasteiger partial charge in [0.15, 0.2) is 0 Å². The minimum Gasteiger partial charge on any atom is -0.323 e. The van der Waals surface area contributed by atoms with Gasteiger partial charge in [-0.2, -0.15) is 5.26 Å². The van der Waals surface area contributed by atoms with E-state index in [1.165, 1.54) is 4.90 Å². The first-order valence-corrected chi connectivity index (χ1v) is 5.06. The third kappa shape index (κ3) is 2.09. The highest BCUT2D eigenvalue weighted by Crippen LogP contribution is 2.20. The second-order valence-electron chi connectivity index (χ2n) is 3.83. The van der Waals surface area contributed by atoms with E-state index in [0.29, 0.717) is 25.8 Å². The van der Waals surface area contributed by atoms with Gasteiger partial charge in [0, 0.05) is 13.0 Å². The fourth-order valence-electron chi connectivity index (χ4n) is 1.51. The molecular weight excluding hydrogens is 194 g/mol. The number of carbonyl (C=O) groups is 2. The highest BCUT2D eigenvalue weighted by molar-refractivity contribution is 6.06. The number of hydrogen-bond donors (Lipinski definition) is 1. The van der Waals surface area contributed by atoms with Crippen molar-refractivity contribution in [3.8, 4) is 6.07 Å². The molecule has 1 unspecified atom stereocenters. The van der Waals surface area contributed by atoms with E-state index in [-0.39, 0.29) is 11.9 Å². The summed E-state index contributed by atoms with van der Waals surface area (Å²) in [6.45, 7) is 3.91. The summed E-state index contributed by atoms with van der Waals surface area (Å²) < 4.78 is 0. The van der Waals surface area contributed by atoms with Crippen molar-refractivity contribution < 1.29 is 9.59 Å². The molecule has 1 rings (SSSR count). The molecule has 1 saturated heterocycles. The Hall–Kier alpha value is -1.57. The van der Waals surface area contributed by atoms with Gasteiger partial charge in [-0.1, -0.05) is 6.92 Å². The van der Waals surface area contributed by atoms with Gasteiger partial charge in [-0.05, 0) is 19.8 Å². The van der Waals surface area contributed by atoms with Gasteiger partial charge in [0.2, 0.25) is 0 Å². The maximum Gasteiger partial charge on any atom is 0.325 e. The molecule has 0 spiro atoms. The highest BCUT2D eigenvalue weighted by atomic mass is 16.2. The summed E-state index contributed by atoms with van der Waals surface area (Å²) in [6, 6.07) is 1.64. The van der Waals surface area contributed by atoms with Crippen LogP contribution in [0.25, 0.3) is 0 Å². The van der Waals surface area contributed by atoms with Crippen LogP contribution in [-0.4, -0.2) is 28.9 Å². The summed E-state index contributed by atoms with van der Waals surface area (Å²) in [4.78, 5) is 24.5. The Labute approximate surface area is 89.0 Å². The number of unbranched alkanes of at least 4 members (excludes halogenated alkanes) is 1. The van der Waals surface area contributed by atoms with Gasteiger partial charge in [0.05, 0.1) is 6.07 Å². The Morgan fingerprint density at radius 1 is 1.53 bits per heavy atom. The molecule has 1 atom stereocenters. The molecule has 1 N–H and O–H groups in total. The van der Waals surface area contributed by atoms with E-state index in [9.17, 15) is 9.59 Å². The topological polar surface area (TPSA) is 73.2 Å². The second kappa shape index (κ2) is 4.30. The number of carbonyl (C=O) groups excluding carboxylic acids is 2. The van der Waals surface area contributed by atoms with E-state index >= 15 is 0 Å². The lowest BCUT2D eigenvalue weighted by Gasteiger charge is -2.18. The molecule has 1 aliphatic heterocycles. The standard InChI is InChI=1S/C10H15N3O2/c1-3-10(2)8(14)13(9(15)12-10)7-5-4-6-11/h3-5,7H2,1-2H3,(H,12,15). The quantitative estimate of drug-likeness (QED) is 0.554. The molecule has 0 aromatic heterocycles. The normalized spacial score (nSPS) is 25.3. The zero-order valence-corrected chi connectivity index (χ0v) is 9.04. The van der Waals surface area contributed by atoms with Crippen molar-refractivity contribution >= 4 is 11.9 Å². The first-order chi connectivity index (χ1) is 7.05. The molecule has 0 bridgehead atoms. The zero-order valence-electron chi connectivity index (χ0n) is 9.04. The van der Waals surface area contributed by atoms with Gasteiger partial charge >= 0.3 is 6.03 Å². The molecule has 3 amide bonds. The molecule has 15 heavy (non-hydrogen) atoms. The van der Waals surface area contributed by atoms with Crippen molar-refractivity contribution in [3.63, 3.8) is 0 Å². The average Bonchev–Trinajstić information content (AvgIpc) is 2.42. The predicted molar refractivity (Wildman–Crippen MR) is 53.8 cm³/mol. The van der Waals surface area contributed by atoms with E-state index in [2.05, 4.69) is 5.32 Å². The van der Waals surface area contributed by atoms with E-state index in [1.54, 1.807) is 6.92 Å². The summed E-state index contributed by atoms with van der Waals surface area (Å²) in [5.74, 6) is -0.187. The lowest BCUT2D eigenvalue weighted by atomic mass is 9.99. The molecule has 1 fully saturated rings. The summed E-state index contributed by atoms with van der Waals surface area (Å²) >= 11 is 0. The van der Waals surface area contributed by atoms with Crippen molar-refractivity contribution in [2.45, 2.75) is 38.6 Å². The summed E-state index contributed by atoms with van der Waals surface area (Å²) in [7, 11) is 0. The van der Waals surface area contributed by atoms with Crippen LogP contribution in [0.5, 0.6) is 0 Å². The summed E-state index contributed by atoms with van der Waals surface area (Å²) in [5, 5.41) is 11.0. The van der Waals surface area contributed by atoms with Crippen molar-refractivity contribution in [1.82, 2.24) is 10.2 Å². The third-order valence-electron chi connectivity index (χ3n) is 2.72. The largest absolute Gasteiger partial charge is 0.325 e. The smallest absolute Gasteiger partial charge is 0.323 e. The minimum absolute atomic E-state index is 0.187. The fraction of sp³-hybridized carbons (Fsp3) is 0.700. The monoisotopic (exact) mass is 209 g/mol. The molecule has 82 valence electrons. The molecule has 0 radical (unpaired) electrons. The van der Waals surface area contributed by atoms with Crippen LogP contribution in [-0.2, 0) is 4.79 Å². The zero-order chi connectivity index (χ0) is 11.5. The Balaban J connectivity index is 2.64. The molecular formula is C10H15N3O2. The highest BCUT2D eigenvalue weighted by Gasteiger charge is 2.45. The van der Waals surface area contributed by atoms with Gasteiger partial charge < -0.3 is 5.32 Å². The number of urea groups is 1. The van der Waals surface area contributed by atoms with Crippen LogP contribution >= 0.6 is 0 Å². The summed E-state index contributed by atoms with van der Waals surface area (Å²) in [5.41, 5.74) is -0.760. The molecule has 1 heterocycles. The van der Waals surface area contributed by atoms with Crippen LogP contribution in [0.3, 0.4) is 0 Å². The molecule has 0 aromatic rings. The Bertz CT molecular complexity index is 321. The SMILES string of the molecule is CCC1(C)NC(=O)N(CCCC#N)C1=O. The molecule has 1 aliphatic rings. The molecule has 0 aromatic carbocycles. The van der Waals surface area contributed by atoms with Crippen LogP contribution in [0.4, 0.5) is 4.79 Å². The van der Waals surface area contributed by atoms with E-state index in [4.69, 9.17) is 5.26 Å². The van der Waals surface area contributed by atoms with Crippen LogP contribution < -0.4 is 5.32 Å². The van der Waals surface area contributed by atoms with Crippen molar-refractivity contribution in [1.29, 1.82) is 5.26 Å². The maximum atomic E-state index is 11.8. The van der Waals surface area contributed by atoms with Crippen molar-refractivity contribution in [2.75, 3.05) is 6.54 Å². The molecule has 0 saturated carbocycles. The summed E-state index contributed by atoms with van der Waals surface area (Å²) in [6.07, 6.45) is 1.47. The fourth-order valence-corrected chi connectivity index (χ4v) is 1.51. The average molecular weight is 209 g/mol. The Kier molecular flexibility index (Phi) is 3.30. The number of rotatable bonds is 4. The molecule has 5 nitrogen and oxygen atoms in total. The van der Waals surface area contributed by atoms with Crippen LogP contribution in [0.1, 0.15) is 33.1 Å². The van der Waals surface area contributed by atoms with Crippen molar-refractivity contribution in [3.05, 3.63) is 0 Å². The lowest BCUT2D eigenvalue weighted by Crippen LogP contribution is -2.43. The first kappa shape index (κ1) is 11.5. The van der Waals surface area contributed by atoms with Crippen LogP contribution in [0.2, 0.25) is 0 Å². The van der Waals surface area contributed by atoms with Crippen LogP contribution in [0, 0.1) is 11.3 Å². The molecule has 0 aliphatic carbocycles. The lowest BCUT2D eigenvalue weighted by molar-refractivity contribution is -0.130. The van der Waals surface area contributed by atoms with Gasteiger partial charge in [-0.15, -0.1) is 0 Å². The van der Waals surface area contributed by atoms with Gasteiger partial charge in [-0.3, -0.25) is 9.69 Å². The maximum absolute atomic E-state index is 11.8. The van der Waals surface area contributed by atoms with Gasteiger partial charge in [0.25, 0.3) is 5.91 Å². The minimum atomic E-state index is -0.760. The number of nitrogens with one attached hydrogen (secondary N) is 1. The van der Waals surface area contributed by atoms with E-state index < -0.39 is 5.54 Å². The van der Waals surface area contributed by atoms with Gasteiger partial charge in [0.1, 0.15) is 5.54 Å². The number of nitriles is 1. The Morgan fingerprint density at radius 2 is 2.20 bits per heavy atom. The number of nitrogens with zero attached hydrogens (tertiary/aromatic N) is 2. The van der Waals surface area contributed by atoms with Gasteiger partial charge in [-0.25, -0.2) is 4.79 Å². The predicted octanol–water partition coefficient (Wildman–Crippen LogP) is 1.01. The number of imide groups is 1. The third-order valence-corrected chi connectivity index (χ3v) is 2.72. The molecule has 5 heteroatoms. The Morgan fingerprint density at radius 3 is 2.67 bits per heavy atom.